The van der Waals surface area contributed by atoms with E-state index in [-0.39, 0.29) is 11.3 Å². The minimum atomic E-state index is -0.918. The lowest BCUT2D eigenvalue weighted by atomic mass is 9.80. The molecule has 0 radical (unpaired) electrons. The first-order valence-corrected chi connectivity index (χ1v) is 10.3. The van der Waals surface area contributed by atoms with Crippen LogP contribution in [0.5, 0.6) is 5.75 Å². The molecule has 1 aliphatic rings. The maximum Gasteiger partial charge on any atom is 0.201 e. The van der Waals surface area contributed by atoms with E-state index in [1.165, 1.54) is 37.8 Å². The lowest BCUT2D eigenvalue weighted by Gasteiger charge is -2.25. The van der Waals surface area contributed by atoms with Gasteiger partial charge in [-0.15, -0.1) is 0 Å². The highest BCUT2D eigenvalue weighted by atomic mass is 19.2. The van der Waals surface area contributed by atoms with Crippen LogP contribution in [0.2, 0.25) is 0 Å². The van der Waals surface area contributed by atoms with E-state index in [2.05, 4.69) is 25.7 Å². The van der Waals surface area contributed by atoms with Crippen LogP contribution >= 0.6 is 0 Å². The summed E-state index contributed by atoms with van der Waals surface area (Å²) in [7, 11) is 0. The first kappa shape index (κ1) is 20.7. The lowest BCUT2D eigenvalue weighted by molar-refractivity contribution is 0.285. The molecule has 1 aromatic rings. The Hall–Kier alpha value is -1.56. The summed E-state index contributed by atoms with van der Waals surface area (Å²) in [6, 6.07) is 3.04. The first-order chi connectivity index (χ1) is 12.7. The molecule has 1 fully saturated rings. The number of hydrogen-bond acceptors (Lipinski definition) is 1. The van der Waals surface area contributed by atoms with Crippen LogP contribution in [-0.2, 0) is 0 Å². The molecular weight excluding hydrogens is 330 g/mol. The van der Waals surface area contributed by atoms with Crippen molar-refractivity contribution in [3.63, 3.8) is 0 Å². The van der Waals surface area contributed by atoms with Crippen molar-refractivity contribution in [2.45, 2.75) is 78.1 Å². The van der Waals surface area contributed by atoms with Crippen LogP contribution in [0, 0.1) is 35.3 Å². The number of unbranched alkanes of at least 4 members (excludes halogenated alkanes) is 3. The zero-order chi connectivity index (χ0) is 18.8. The average molecular weight is 363 g/mol. The fourth-order valence-corrected chi connectivity index (χ4v) is 3.63. The molecule has 0 spiro atoms. The number of halogens is 2. The van der Waals surface area contributed by atoms with Crippen LogP contribution in [0.1, 0.15) is 83.6 Å². The fraction of sp³-hybridized carbons (Fsp3) is 0.652. The topological polar surface area (TPSA) is 9.23 Å². The molecule has 0 saturated heterocycles. The van der Waals surface area contributed by atoms with Crippen molar-refractivity contribution < 1.29 is 13.5 Å². The van der Waals surface area contributed by atoms with Crippen LogP contribution in [0.15, 0.2) is 12.1 Å². The number of benzene rings is 1. The molecule has 0 atom stereocenters. The lowest BCUT2D eigenvalue weighted by Crippen LogP contribution is -2.13. The monoisotopic (exact) mass is 362 g/mol. The van der Waals surface area contributed by atoms with Gasteiger partial charge in [-0.25, -0.2) is 4.39 Å². The Kier molecular flexibility index (Phi) is 8.95. The van der Waals surface area contributed by atoms with Gasteiger partial charge in [-0.3, -0.25) is 0 Å². The zero-order valence-corrected chi connectivity index (χ0v) is 16.3. The van der Waals surface area contributed by atoms with E-state index in [1.807, 2.05) is 0 Å². The maximum atomic E-state index is 14.3. The Morgan fingerprint density at radius 2 is 1.73 bits per heavy atom. The van der Waals surface area contributed by atoms with E-state index in [0.29, 0.717) is 12.5 Å². The highest BCUT2D eigenvalue weighted by molar-refractivity contribution is 5.41. The smallest absolute Gasteiger partial charge is 0.201 e. The Balaban J connectivity index is 1.90. The zero-order valence-electron chi connectivity index (χ0n) is 16.3. The van der Waals surface area contributed by atoms with Gasteiger partial charge in [0.1, 0.15) is 0 Å². The second-order valence-corrected chi connectivity index (χ2v) is 7.42. The summed E-state index contributed by atoms with van der Waals surface area (Å²) in [6.45, 7) is 4.77. The van der Waals surface area contributed by atoms with Crippen molar-refractivity contribution in [3.05, 3.63) is 29.3 Å². The molecule has 144 valence electrons. The molecule has 0 aromatic heterocycles. The Morgan fingerprint density at radius 3 is 2.42 bits per heavy atom. The van der Waals surface area contributed by atoms with Crippen LogP contribution in [0.3, 0.4) is 0 Å². The maximum absolute atomic E-state index is 14.3. The van der Waals surface area contributed by atoms with Crippen LogP contribution in [0.4, 0.5) is 8.78 Å². The van der Waals surface area contributed by atoms with E-state index in [0.717, 1.165) is 44.4 Å². The minimum Gasteiger partial charge on any atom is -0.490 e. The van der Waals surface area contributed by atoms with Crippen molar-refractivity contribution in [1.29, 1.82) is 0 Å². The highest BCUT2D eigenvalue weighted by Gasteiger charge is 2.19. The molecule has 1 aliphatic carbocycles. The number of rotatable bonds is 8. The summed E-state index contributed by atoms with van der Waals surface area (Å²) in [5.74, 6) is 5.33. The first-order valence-electron chi connectivity index (χ1n) is 10.3. The molecule has 0 N–H and O–H groups in total. The molecular formula is C23H32F2O. The Labute approximate surface area is 157 Å². The van der Waals surface area contributed by atoms with Crippen LogP contribution in [-0.4, -0.2) is 6.61 Å². The van der Waals surface area contributed by atoms with E-state index in [9.17, 15) is 8.78 Å². The third-order valence-electron chi connectivity index (χ3n) is 5.26. The third-order valence-corrected chi connectivity index (χ3v) is 5.26. The van der Waals surface area contributed by atoms with Crippen LogP contribution < -0.4 is 4.74 Å². The minimum absolute atomic E-state index is 0.00961. The van der Waals surface area contributed by atoms with Gasteiger partial charge in [0, 0.05) is 5.92 Å². The average Bonchev–Trinajstić information content (AvgIpc) is 2.65. The fourth-order valence-electron chi connectivity index (χ4n) is 3.63. The van der Waals surface area contributed by atoms with Gasteiger partial charge < -0.3 is 4.74 Å². The molecule has 2 rings (SSSR count). The molecule has 0 bridgehead atoms. The molecule has 0 unspecified atom stereocenters. The molecule has 0 heterocycles. The summed E-state index contributed by atoms with van der Waals surface area (Å²) < 4.78 is 33.8. The Morgan fingerprint density at radius 1 is 0.962 bits per heavy atom. The van der Waals surface area contributed by atoms with Gasteiger partial charge in [-0.2, -0.15) is 4.39 Å². The number of ether oxygens (including phenoxy) is 1. The van der Waals surface area contributed by atoms with E-state index in [4.69, 9.17) is 4.74 Å². The van der Waals surface area contributed by atoms with Gasteiger partial charge in [0.2, 0.25) is 5.82 Å². The van der Waals surface area contributed by atoms with Gasteiger partial charge in [-0.05, 0) is 50.2 Å². The van der Waals surface area contributed by atoms with E-state index >= 15 is 0 Å². The molecule has 3 heteroatoms. The molecule has 0 aliphatic heterocycles. The third kappa shape index (κ3) is 6.31. The van der Waals surface area contributed by atoms with E-state index < -0.39 is 11.6 Å². The second kappa shape index (κ2) is 11.2. The normalized spacial score (nSPS) is 19.7. The van der Waals surface area contributed by atoms with Gasteiger partial charge in [0.25, 0.3) is 0 Å². The van der Waals surface area contributed by atoms with Crippen molar-refractivity contribution in [1.82, 2.24) is 0 Å². The quantitative estimate of drug-likeness (QED) is 0.362. The molecule has 1 saturated carbocycles. The molecule has 0 amide bonds. The molecule has 26 heavy (non-hydrogen) atoms. The van der Waals surface area contributed by atoms with Gasteiger partial charge in [-0.1, -0.05) is 57.8 Å². The molecule has 1 aromatic carbocycles. The number of hydrogen-bond donors (Lipinski definition) is 0. The van der Waals surface area contributed by atoms with Crippen molar-refractivity contribution >= 4 is 0 Å². The van der Waals surface area contributed by atoms with Gasteiger partial charge in [0.15, 0.2) is 11.6 Å². The van der Waals surface area contributed by atoms with Crippen molar-refractivity contribution in [3.8, 4) is 17.6 Å². The summed E-state index contributed by atoms with van der Waals surface area (Å²) in [5.41, 5.74) is 0.136. The van der Waals surface area contributed by atoms with Crippen molar-refractivity contribution in [2.75, 3.05) is 6.61 Å². The standard InChI is InChI=1S/C23H32F2O/c1-3-5-6-7-17-26-21-16-15-20(22(24)23(21)25)14-13-19-11-9-18(8-4-2)10-12-19/h15-16,18-19H,3-12,17H2,1-2H3. The summed E-state index contributed by atoms with van der Waals surface area (Å²) in [5, 5.41) is 0. The predicted molar refractivity (Wildman–Crippen MR) is 103 cm³/mol. The van der Waals surface area contributed by atoms with Gasteiger partial charge in [0.05, 0.1) is 12.2 Å². The van der Waals surface area contributed by atoms with Crippen LogP contribution in [0.25, 0.3) is 0 Å². The predicted octanol–water partition coefficient (Wildman–Crippen LogP) is 6.88. The van der Waals surface area contributed by atoms with Gasteiger partial charge >= 0.3 is 0 Å². The second-order valence-electron chi connectivity index (χ2n) is 7.42. The summed E-state index contributed by atoms with van der Waals surface area (Å²) in [6.07, 6.45) is 11.2. The summed E-state index contributed by atoms with van der Waals surface area (Å²) in [4.78, 5) is 0. The Bertz CT molecular complexity index is 607. The SMILES string of the molecule is CCCCCCOc1ccc(C#CC2CCC(CCC)CC2)c(F)c1F. The molecule has 1 nitrogen and oxygen atoms in total. The highest BCUT2D eigenvalue weighted by Crippen LogP contribution is 2.31. The largest absolute Gasteiger partial charge is 0.490 e. The summed E-state index contributed by atoms with van der Waals surface area (Å²) >= 11 is 0. The van der Waals surface area contributed by atoms with Crippen molar-refractivity contribution in [2.24, 2.45) is 11.8 Å². The van der Waals surface area contributed by atoms with E-state index in [1.54, 1.807) is 0 Å².